The monoisotopic (exact) mass is 307 g/mol. The van der Waals surface area contributed by atoms with Crippen molar-refractivity contribution in [3.05, 3.63) is 20.8 Å². The molecule has 16 heavy (non-hydrogen) atoms. The van der Waals surface area contributed by atoms with E-state index in [0.717, 1.165) is 9.35 Å². The number of thiophene rings is 1. The number of nitrogens with two attached hydrogens (primary N) is 1. The SMILES string of the molecule is CC(C)OCCOC(CN)c1cc(Br)cs1. The van der Waals surface area contributed by atoms with Crippen LogP contribution in [0.5, 0.6) is 0 Å². The number of halogens is 1. The van der Waals surface area contributed by atoms with Crippen LogP contribution in [0.4, 0.5) is 0 Å². The van der Waals surface area contributed by atoms with Crippen molar-refractivity contribution in [3.63, 3.8) is 0 Å². The van der Waals surface area contributed by atoms with Crippen molar-refractivity contribution in [1.29, 1.82) is 0 Å². The Morgan fingerprint density at radius 2 is 2.06 bits per heavy atom. The van der Waals surface area contributed by atoms with Crippen molar-refractivity contribution in [1.82, 2.24) is 0 Å². The molecule has 0 bridgehead atoms. The summed E-state index contributed by atoms with van der Waals surface area (Å²) >= 11 is 5.07. The third-order valence-electron chi connectivity index (χ3n) is 1.97. The quantitative estimate of drug-likeness (QED) is 0.788. The highest BCUT2D eigenvalue weighted by Gasteiger charge is 2.12. The van der Waals surface area contributed by atoms with Crippen LogP contribution in [0.1, 0.15) is 24.8 Å². The molecule has 1 heterocycles. The van der Waals surface area contributed by atoms with Gasteiger partial charge < -0.3 is 15.2 Å². The minimum Gasteiger partial charge on any atom is -0.376 e. The van der Waals surface area contributed by atoms with E-state index in [1.54, 1.807) is 11.3 Å². The molecule has 0 saturated carbocycles. The molecule has 0 spiro atoms. The Bertz CT molecular complexity index is 304. The van der Waals surface area contributed by atoms with Crippen LogP contribution in [0, 0.1) is 0 Å². The van der Waals surface area contributed by atoms with Gasteiger partial charge in [0.05, 0.1) is 19.3 Å². The van der Waals surface area contributed by atoms with Gasteiger partial charge in [-0.3, -0.25) is 0 Å². The molecule has 1 unspecified atom stereocenters. The highest BCUT2D eigenvalue weighted by molar-refractivity contribution is 9.10. The number of hydrogen-bond donors (Lipinski definition) is 1. The summed E-state index contributed by atoms with van der Waals surface area (Å²) in [6.45, 7) is 5.71. The second-order valence-electron chi connectivity index (χ2n) is 3.68. The summed E-state index contributed by atoms with van der Waals surface area (Å²) in [5.74, 6) is 0. The summed E-state index contributed by atoms with van der Waals surface area (Å²) in [6.07, 6.45) is 0.225. The summed E-state index contributed by atoms with van der Waals surface area (Å²) in [7, 11) is 0. The van der Waals surface area contributed by atoms with Gasteiger partial charge in [-0.2, -0.15) is 0 Å². The Balaban J connectivity index is 2.32. The minimum atomic E-state index is -0.0212. The van der Waals surface area contributed by atoms with E-state index in [1.165, 1.54) is 0 Å². The second-order valence-corrected chi connectivity index (χ2v) is 5.54. The Hall–Kier alpha value is 0.0600. The molecule has 2 N–H and O–H groups in total. The van der Waals surface area contributed by atoms with Crippen LogP contribution in [0.2, 0.25) is 0 Å². The van der Waals surface area contributed by atoms with E-state index in [1.807, 2.05) is 25.3 Å². The van der Waals surface area contributed by atoms with Crippen LogP contribution in [-0.4, -0.2) is 25.9 Å². The van der Waals surface area contributed by atoms with Gasteiger partial charge in [0.2, 0.25) is 0 Å². The van der Waals surface area contributed by atoms with Crippen molar-refractivity contribution < 1.29 is 9.47 Å². The summed E-state index contributed by atoms with van der Waals surface area (Å²) in [5.41, 5.74) is 5.68. The smallest absolute Gasteiger partial charge is 0.104 e. The second kappa shape index (κ2) is 7.40. The molecule has 5 heteroatoms. The molecule has 3 nitrogen and oxygen atoms in total. The number of ether oxygens (including phenoxy) is 2. The zero-order valence-electron chi connectivity index (χ0n) is 9.61. The summed E-state index contributed by atoms with van der Waals surface area (Å²) in [6, 6.07) is 2.05. The van der Waals surface area contributed by atoms with Crippen molar-refractivity contribution in [3.8, 4) is 0 Å². The minimum absolute atomic E-state index is 0.0212. The Morgan fingerprint density at radius 1 is 1.38 bits per heavy atom. The van der Waals surface area contributed by atoms with Gasteiger partial charge >= 0.3 is 0 Å². The number of rotatable bonds is 7. The van der Waals surface area contributed by atoms with Crippen LogP contribution >= 0.6 is 27.3 Å². The Kier molecular flexibility index (Phi) is 6.53. The van der Waals surface area contributed by atoms with E-state index in [-0.39, 0.29) is 12.2 Å². The Morgan fingerprint density at radius 3 is 2.56 bits per heavy atom. The molecule has 0 aliphatic heterocycles. The van der Waals surface area contributed by atoms with Crippen molar-refractivity contribution in [2.75, 3.05) is 19.8 Å². The maximum atomic E-state index is 5.68. The molecular formula is C11H18BrNO2S. The van der Waals surface area contributed by atoms with Crippen LogP contribution in [0.15, 0.2) is 15.9 Å². The Labute approximate surface area is 109 Å². The van der Waals surface area contributed by atoms with E-state index < -0.39 is 0 Å². The zero-order chi connectivity index (χ0) is 12.0. The zero-order valence-corrected chi connectivity index (χ0v) is 12.0. The molecule has 1 aromatic heterocycles. The maximum Gasteiger partial charge on any atom is 0.104 e. The molecule has 0 saturated heterocycles. The summed E-state index contributed by atoms with van der Waals surface area (Å²) in [5, 5.41) is 2.03. The van der Waals surface area contributed by atoms with E-state index in [9.17, 15) is 0 Å². The molecule has 0 aromatic carbocycles. The lowest BCUT2D eigenvalue weighted by Gasteiger charge is -2.15. The third-order valence-corrected chi connectivity index (χ3v) is 3.76. The molecule has 0 radical (unpaired) electrons. The average molecular weight is 308 g/mol. The average Bonchev–Trinajstić information content (AvgIpc) is 2.64. The topological polar surface area (TPSA) is 44.5 Å². The largest absolute Gasteiger partial charge is 0.376 e. The molecule has 1 atom stereocenters. The molecule has 0 aliphatic carbocycles. The molecule has 1 rings (SSSR count). The first-order valence-electron chi connectivity index (χ1n) is 5.30. The predicted molar refractivity (Wildman–Crippen MR) is 70.9 cm³/mol. The van der Waals surface area contributed by atoms with E-state index in [0.29, 0.717) is 19.8 Å². The molecule has 0 aliphatic rings. The van der Waals surface area contributed by atoms with Crippen LogP contribution in [0.3, 0.4) is 0 Å². The number of hydrogen-bond acceptors (Lipinski definition) is 4. The van der Waals surface area contributed by atoms with Gasteiger partial charge in [0, 0.05) is 21.3 Å². The van der Waals surface area contributed by atoms with Gasteiger partial charge in [0.15, 0.2) is 0 Å². The normalized spacial score (nSPS) is 13.3. The highest BCUT2D eigenvalue weighted by atomic mass is 79.9. The van der Waals surface area contributed by atoms with Gasteiger partial charge in [0.1, 0.15) is 6.10 Å². The van der Waals surface area contributed by atoms with E-state index in [4.69, 9.17) is 15.2 Å². The van der Waals surface area contributed by atoms with Gasteiger partial charge in [-0.1, -0.05) is 0 Å². The van der Waals surface area contributed by atoms with Gasteiger partial charge in [-0.15, -0.1) is 11.3 Å². The van der Waals surface area contributed by atoms with E-state index in [2.05, 4.69) is 15.9 Å². The van der Waals surface area contributed by atoms with Gasteiger partial charge in [-0.05, 0) is 35.8 Å². The lowest BCUT2D eigenvalue weighted by molar-refractivity contribution is -0.00933. The van der Waals surface area contributed by atoms with Crippen LogP contribution < -0.4 is 5.73 Å². The lowest BCUT2D eigenvalue weighted by Crippen LogP contribution is -2.18. The van der Waals surface area contributed by atoms with Crippen LogP contribution in [0.25, 0.3) is 0 Å². The summed E-state index contributed by atoms with van der Waals surface area (Å²) in [4.78, 5) is 1.15. The molecular weight excluding hydrogens is 290 g/mol. The fraction of sp³-hybridized carbons (Fsp3) is 0.636. The highest BCUT2D eigenvalue weighted by Crippen LogP contribution is 2.27. The fourth-order valence-electron chi connectivity index (χ4n) is 1.24. The van der Waals surface area contributed by atoms with Crippen molar-refractivity contribution in [2.45, 2.75) is 26.1 Å². The third kappa shape index (κ3) is 4.93. The maximum absolute atomic E-state index is 5.68. The van der Waals surface area contributed by atoms with Gasteiger partial charge in [-0.25, -0.2) is 0 Å². The first kappa shape index (κ1) is 14.1. The first-order valence-corrected chi connectivity index (χ1v) is 6.98. The van der Waals surface area contributed by atoms with Crippen LogP contribution in [-0.2, 0) is 9.47 Å². The lowest BCUT2D eigenvalue weighted by atomic mass is 10.3. The van der Waals surface area contributed by atoms with Crippen molar-refractivity contribution >= 4 is 27.3 Å². The standard InChI is InChI=1S/C11H18BrNO2S/c1-8(2)14-3-4-15-10(6-13)11-5-9(12)7-16-11/h5,7-8,10H,3-4,6,13H2,1-2H3. The molecule has 1 aromatic rings. The van der Waals surface area contributed by atoms with Crippen molar-refractivity contribution in [2.24, 2.45) is 5.73 Å². The predicted octanol–water partition coefficient (Wildman–Crippen LogP) is 2.95. The molecule has 0 amide bonds. The van der Waals surface area contributed by atoms with Gasteiger partial charge in [0.25, 0.3) is 0 Å². The molecule has 0 fully saturated rings. The first-order chi connectivity index (χ1) is 7.63. The molecule has 92 valence electrons. The summed E-state index contributed by atoms with van der Waals surface area (Å²) < 4.78 is 12.2. The fourth-order valence-corrected chi connectivity index (χ4v) is 2.74. The van der Waals surface area contributed by atoms with E-state index >= 15 is 0 Å².